The van der Waals surface area contributed by atoms with E-state index in [1.54, 1.807) is 61.6 Å². The van der Waals surface area contributed by atoms with Crippen LogP contribution in [0.25, 0.3) is 11.3 Å². The maximum Gasteiger partial charge on any atom is 0.253 e. The maximum atomic E-state index is 12.6. The van der Waals surface area contributed by atoms with Gasteiger partial charge in [-0.15, -0.1) is 0 Å². The molecule has 1 heterocycles. The molecule has 0 fully saturated rings. The normalized spacial score (nSPS) is 11.3. The van der Waals surface area contributed by atoms with E-state index in [9.17, 15) is 9.59 Å². The average Bonchev–Trinajstić information content (AvgIpc) is 2.66. The Kier molecular flexibility index (Phi) is 5.85. The molecule has 1 unspecified atom stereocenters. The molecule has 2 rings (SSSR count). The van der Waals surface area contributed by atoms with Crippen LogP contribution in [-0.2, 0) is 4.79 Å². The van der Waals surface area contributed by atoms with Gasteiger partial charge < -0.3 is 10.2 Å². The zero-order valence-corrected chi connectivity index (χ0v) is 14.5. The van der Waals surface area contributed by atoms with Crippen molar-refractivity contribution in [3.63, 3.8) is 0 Å². The summed E-state index contributed by atoms with van der Waals surface area (Å²) in [5.74, 6) is -0.272. The quantitative estimate of drug-likeness (QED) is 0.907. The molecule has 2 amide bonds. The van der Waals surface area contributed by atoms with Crippen molar-refractivity contribution >= 4 is 11.8 Å². The van der Waals surface area contributed by atoms with Gasteiger partial charge in [0.05, 0.1) is 11.3 Å². The van der Waals surface area contributed by atoms with Gasteiger partial charge in [-0.25, -0.2) is 0 Å². The molecule has 0 saturated carbocycles. The van der Waals surface area contributed by atoms with Gasteiger partial charge in [0.2, 0.25) is 5.91 Å². The molecule has 128 valence electrons. The number of rotatable bonds is 5. The van der Waals surface area contributed by atoms with Crippen molar-refractivity contribution in [2.45, 2.75) is 19.4 Å². The van der Waals surface area contributed by atoms with Crippen LogP contribution >= 0.6 is 0 Å². The number of hydrogen-bond donors (Lipinski definition) is 1. The van der Waals surface area contributed by atoms with Crippen LogP contribution in [0.2, 0.25) is 0 Å². The Morgan fingerprint density at radius 1 is 1.28 bits per heavy atom. The van der Waals surface area contributed by atoms with Crippen LogP contribution in [0.15, 0.2) is 42.6 Å². The van der Waals surface area contributed by atoms with E-state index < -0.39 is 0 Å². The molecule has 0 saturated heterocycles. The third-order valence-corrected chi connectivity index (χ3v) is 4.07. The first-order valence-corrected chi connectivity index (χ1v) is 7.91. The Morgan fingerprint density at radius 3 is 2.56 bits per heavy atom. The number of aromatic nitrogens is 1. The molecule has 0 spiro atoms. The first-order chi connectivity index (χ1) is 12.0. The van der Waals surface area contributed by atoms with Crippen molar-refractivity contribution in [2.24, 2.45) is 0 Å². The lowest BCUT2D eigenvalue weighted by molar-refractivity contribution is -0.121. The minimum Gasteiger partial charge on any atom is -0.359 e. The Labute approximate surface area is 147 Å². The second kappa shape index (κ2) is 8.06. The van der Waals surface area contributed by atoms with E-state index in [0.29, 0.717) is 16.8 Å². The van der Waals surface area contributed by atoms with Gasteiger partial charge in [0.1, 0.15) is 6.07 Å². The molecule has 0 bridgehead atoms. The maximum absolute atomic E-state index is 12.6. The third-order valence-electron chi connectivity index (χ3n) is 4.07. The van der Waals surface area contributed by atoms with Crippen LogP contribution < -0.4 is 5.32 Å². The van der Waals surface area contributed by atoms with Crippen molar-refractivity contribution in [3.05, 3.63) is 53.7 Å². The predicted molar refractivity (Wildman–Crippen MR) is 94.6 cm³/mol. The Balaban J connectivity index is 2.18. The Bertz CT molecular complexity index is 809. The summed E-state index contributed by atoms with van der Waals surface area (Å²) in [6, 6.07) is 12.3. The van der Waals surface area contributed by atoms with Gasteiger partial charge >= 0.3 is 0 Å². The summed E-state index contributed by atoms with van der Waals surface area (Å²) in [6.07, 6.45) is 1.87. The van der Waals surface area contributed by atoms with E-state index in [2.05, 4.69) is 16.4 Å². The standard InChI is InChI=1S/C19H20N4O2/c1-13(11-17(24)21-2)23(3)19(25)15-8-6-14(7-9-15)18-16(12-20)5-4-10-22-18/h4-10,13H,11H2,1-3H3,(H,21,24). The van der Waals surface area contributed by atoms with Crippen molar-refractivity contribution < 1.29 is 9.59 Å². The van der Waals surface area contributed by atoms with Gasteiger partial charge in [-0.3, -0.25) is 14.6 Å². The fraction of sp³-hybridized carbons (Fsp3) is 0.263. The molecule has 1 atom stereocenters. The van der Waals surface area contributed by atoms with Crippen LogP contribution in [-0.4, -0.2) is 41.8 Å². The van der Waals surface area contributed by atoms with Gasteiger partial charge in [0.15, 0.2) is 0 Å². The lowest BCUT2D eigenvalue weighted by Gasteiger charge is -2.24. The Hall–Kier alpha value is -3.20. The number of hydrogen-bond acceptors (Lipinski definition) is 4. The van der Waals surface area contributed by atoms with Crippen LogP contribution in [0.1, 0.15) is 29.3 Å². The topological polar surface area (TPSA) is 86.1 Å². The number of nitrogens with zero attached hydrogens (tertiary/aromatic N) is 3. The second-order valence-corrected chi connectivity index (χ2v) is 5.73. The molecule has 25 heavy (non-hydrogen) atoms. The van der Waals surface area contributed by atoms with E-state index in [-0.39, 0.29) is 24.3 Å². The number of benzene rings is 1. The number of nitrogens with one attached hydrogen (secondary N) is 1. The number of amides is 2. The van der Waals surface area contributed by atoms with Gasteiger partial charge in [-0.05, 0) is 31.2 Å². The minimum atomic E-state index is -0.215. The Morgan fingerprint density at radius 2 is 1.96 bits per heavy atom. The summed E-state index contributed by atoms with van der Waals surface area (Å²) in [7, 11) is 3.25. The van der Waals surface area contributed by atoms with Crippen molar-refractivity contribution in [3.8, 4) is 17.3 Å². The number of nitriles is 1. The first-order valence-electron chi connectivity index (χ1n) is 7.91. The zero-order chi connectivity index (χ0) is 18.4. The van der Waals surface area contributed by atoms with E-state index in [4.69, 9.17) is 5.26 Å². The monoisotopic (exact) mass is 336 g/mol. The highest BCUT2D eigenvalue weighted by Crippen LogP contribution is 2.21. The average molecular weight is 336 g/mol. The molecule has 1 aromatic carbocycles. The SMILES string of the molecule is CNC(=O)CC(C)N(C)C(=O)c1ccc(-c2ncccc2C#N)cc1. The fourth-order valence-corrected chi connectivity index (χ4v) is 2.41. The second-order valence-electron chi connectivity index (χ2n) is 5.73. The van der Waals surface area contributed by atoms with Gasteiger partial charge in [0.25, 0.3) is 5.91 Å². The third kappa shape index (κ3) is 4.21. The number of carbonyl (C=O) groups excluding carboxylic acids is 2. The highest BCUT2D eigenvalue weighted by molar-refractivity contribution is 5.95. The summed E-state index contributed by atoms with van der Waals surface area (Å²) in [6.45, 7) is 1.83. The van der Waals surface area contributed by atoms with Crippen molar-refractivity contribution in [2.75, 3.05) is 14.1 Å². The molecule has 1 N–H and O–H groups in total. The predicted octanol–water partition coefficient (Wildman–Crippen LogP) is 2.22. The zero-order valence-electron chi connectivity index (χ0n) is 14.5. The summed E-state index contributed by atoms with van der Waals surface area (Å²) >= 11 is 0. The van der Waals surface area contributed by atoms with Gasteiger partial charge in [0, 0.05) is 43.9 Å². The minimum absolute atomic E-state index is 0.110. The molecule has 0 aliphatic carbocycles. The molecule has 2 aromatic rings. The number of carbonyl (C=O) groups is 2. The molecule has 0 aliphatic heterocycles. The molecular weight excluding hydrogens is 316 g/mol. The molecule has 0 radical (unpaired) electrons. The summed E-state index contributed by atoms with van der Waals surface area (Å²) in [4.78, 5) is 29.8. The molecule has 1 aromatic heterocycles. The smallest absolute Gasteiger partial charge is 0.253 e. The molecule has 6 heteroatoms. The molecule has 0 aliphatic rings. The van der Waals surface area contributed by atoms with E-state index >= 15 is 0 Å². The highest BCUT2D eigenvalue weighted by Gasteiger charge is 2.19. The largest absolute Gasteiger partial charge is 0.359 e. The van der Waals surface area contributed by atoms with Gasteiger partial charge in [-0.1, -0.05) is 12.1 Å². The van der Waals surface area contributed by atoms with Crippen LogP contribution in [0.4, 0.5) is 0 Å². The van der Waals surface area contributed by atoms with Crippen LogP contribution in [0.3, 0.4) is 0 Å². The summed E-state index contributed by atoms with van der Waals surface area (Å²) < 4.78 is 0. The van der Waals surface area contributed by atoms with Crippen molar-refractivity contribution in [1.29, 1.82) is 5.26 Å². The highest BCUT2D eigenvalue weighted by atomic mass is 16.2. The van der Waals surface area contributed by atoms with Crippen molar-refractivity contribution in [1.82, 2.24) is 15.2 Å². The van der Waals surface area contributed by atoms with Crippen LogP contribution in [0.5, 0.6) is 0 Å². The summed E-state index contributed by atoms with van der Waals surface area (Å²) in [5.41, 5.74) is 2.36. The molecular formula is C19H20N4O2. The summed E-state index contributed by atoms with van der Waals surface area (Å²) in [5, 5.41) is 11.7. The number of pyridine rings is 1. The van der Waals surface area contributed by atoms with Gasteiger partial charge in [-0.2, -0.15) is 5.26 Å². The lowest BCUT2D eigenvalue weighted by atomic mass is 10.0. The first kappa shape index (κ1) is 18.1. The van der Waals surface area contributed by atoms with E-state index in [1.165, 1.54) is 0 Å². The van der Waals surface area contributed by atoms with E-state index in [0.717, 1.165) is 5.56 Å². The lowest BCUT2D eigenvalue weighted by Crippen LogP contribution is -2.38. The fourth-order valence-electron chi connectivity index (χ4n) is 2.41. The van der Waals surface area contributed by atoms with E-state index in [1.807, 2.05) is 6.92 Å². The molecule has 6 nitrogen and oxygen atoms in total. The van der Waals surface area contributed by atoms with Crippen LogP contribution in [0, 0.1) is 11.3 Å².